The lowest BCUT2D eigenvalue weighted by Crippen LogP contribution is -2.28. The molecule has 1 heterocycles. The summed E-state index contributed by atoms with van der Waals surface area (Å²) in [5, 5.41) is 0.892. The van der Waals surface area contributed by atoms with Crippen LogP contribution in [0.3, 0.4) is 0 Å². The molecule has 0 bridgehead atoms. The highest BCUT2D eigenvalue weighted by atomic mass is 32.2. The Bertz CT molecular complexity index is 1510. The van der Waals surface area contributed by atoms with Crippen LogP contribution in [0.25, 0.3) is 22.0 Å². The molecule has 0 unspecified atom stereocenters. The van der Waals surface area contributed by atoms with Crippen LogP contribution in [-0.4, -0.2) is 32.7 Å². The van der Waals surface area contributed by atoms with Gasteiger partial charge in [0.15, 0.2) is 9.84 Å². The summed E-state index contributed by atoms with van der Waals surface area (Å²) in [5.74, 6) is 0.298. The third-order valence-electron chi connectivity index (χ3n) is 6.25. The number of nitrogens with zero attached hydrogens (tertiary/aromatic N) is 1. The van der Waals surface area contributed by atoms with Crippen molar-refractivity contribution in [1.82, 2.24) is 4.98 Å². The molecular formula is C28H27NO4S2. The number of rotatable bonds is 7. The van der Waals surface area contributed by atoms with E-state index in [4.69, 9.17) is 4.74 Å². The van der Waals surface area contributed by atoms with Crippen molar-refractivity contribution in [1.29, 1.82) is 0 Å². The zero-order chi connectivity index (χ0) is 25.2. The quantitative estimate of drug-likeness (QED) is 0.218. The molecule has 0 atom stereocenters. The second kappa shape index (κ2) is 9.84. The van der Waals surface area contributed by atoms with Crippen molar-refractivity contribution in [2.45, 2.75) is 29.2 Å². The highest BCUT2D eigenvalue weighted by Gasteiger charge is 2.33. The van der Waals surface area contributed by atoms with E-state index in [2.05, 4.69) is 11.1 Å². The molecule has 1 aromatic heterocycles. The van der Waals surface area contributed by atoms with E-state index >= 15 is 0 Å². The van der Waals surface area contributed by atoms with Crippen LogP contribution in [0.4, 0.5) is 0 Å². The van der Waals surface area contributed by atoms with Crippen LogP contribution in [0.2, 0.25) is 0 Å². The predicted octanol–water partition coefficient (Wildman–Crippen LogP) is 6.26. The van der Waals surface area contributed by atoms with Crippen molar-refractivity contribution in [2.24, 2.45) is 0 Å². The Morgan fingerprint density at radius 3 is 2.51 bits per heavy atom. The Hall–Kier alpha value is -3.16. The van der Waals surface area contributed by atoms with E-state index in [0.29, 0.717) is 11.3 Å². The molecule has 4 aromatic rings. The van der Waals surface area contributed by atoms with Gasteiger partial charge in [-0.2, -0.15) is 0 Å². The lowest BCUT2D eigenvalue weighted by Gasteiger charge is -2.24. The van der Waals surface area contributed by atoms with E-state index < -0.39 is 14.6 Å². The lowest BCUT2D eigenvalue weighted by atomic mass is 9.93. The van der Waals surface area contributed by atoms with Crippen LogP contribution in [0.15, 0.2) is 83.9 Å². The van der Waals surface area contributed by atoms with Gasteiger partial charge in [0.05, 0.1) is 22.9 Å². The van der Waals surface area contributed by atoms with Crippen molar-refractivity contribution in [3.63, 3.8) is 0 Å². The zero-order valence-electron chi connectivity index (χ0n) is 20.1. The first kappa shape index (κ1) is 24.9. The monoisotopic (exact) mass is 505 g/mol. The van der Waals surface area contributed by atoms with Crippen LogP contribution in [0.1, 0.15) is 35.3 Å². The van der Waals surface area contributed by atoms with Gasteiger partial charge >= 0.3 is 5.97 Å². The summed E-state index contributed by atoms with van der Waals surface area (Å²) in [7, 11) is -1.97. The fourth-order valence-electron chi connectivity index (χ4n) is 3.83. The summed E-state index contributed by atoms with van der Waals surface area (Å²) in [4.78, 5) is 17.6. The minimum atomic E-state index is -3.35. The number of carbonyl (C=O) groups is 1. The van der Waals surface area contributed by atoms with E-state index in [1.165, 1.54) is 13.4 Å². The Kier molecular flexibility index (Phi) is 7.01. The van der Waals surface area contributed by atoms with Gasteiger partial charge < -0.3 is 4.74 Å². The number of thioether (sulfide) groups is 1. The molecule has 0 radical (unpaired) electrons. The average Bonchev–Trinajstić information content (AvgIpc) is 2.86. The van der Waals surface area contributed by atoms with Crippen molar-refractivity contribution in [3.05, 3.63) is 95.7 Å². The summed E-state index contributed by atoms with van der Waals surface area (Å²) >= 11 is 1.57. The summed E-state index contributed by atoms with van der Waals surface area (Å²) in [6.07, 6.45) is 3.01. The van der Waals surface area contributed by atoms with Gasteiger partial charge in [0.2, 0.25) is 0 Å². The van der Waals surface area contributed by atoms with Crippen molar-refractivity contribution in [2.75, 3.05) is 13.4 Å². The number of pyridine rings is 1. The van der Waals surface area contributed by atoms with Crippen molar-refractivity contribution in [3.8, 4) is 11.1 Å². The maximum Gasteiger partial charge on any atom is 0.338 e. The van der Waals surface area contributed by atoms with E-state index in [9.17, 15) is 13.2 Å². The van der Waals surface area contributed by atoms with Crippen LogP contribution < -0.4 is 0 Å². The van der Waals surface area contributed by atoms with Gasteiger partial charge in [-0.3, -0.25) is 4.98 Å². The van der Waals surface area contributed by atoms with Crippen molar-refractivity contribution < 1.29 is 17.9 Å². The third-order valence-corrected chi connectivity index (χ3v) is 9.49. The molecule has 35 heavy (non-hydrogen) atoms. The van der Waals surface area contributed by atoms with Crippen LogP contribution in [-0.2, 0) is 25.1 Å². The number of methoxy groups -OCH3 is 1. The number of hydrogen-bond acceptors (Lipinski definition) is 6. The van der Waals surface area contributed by atoms with Crippen LogP contribution in [0, 0.1) is 0 Å². The van der Waals surface area contributed by atoms with Gasteiger partial charge in [0.25, 0.3) is 0 Å². The molecule has 180 valence electrons. The number of ether oxygens (including phenoxy) is 1. The second-order valence-electron chi connectivity index (χ2n) is 8.86. The zero-order valence-corrected chi connectivity index (χ0v) is 21.7. The molecule has 0 aliphatic heterocycles. The van der Waals surface area contributed by atoms with Gasteiger partial charge in [-0.15, -0.1) is 11.8 Å². The fourth-order valence-corrected chi connectivity index (χ4v) is 5.36. The normalized spacial score (nSPS) is 12.0. The first-order chi connectivity index (χ1) is 16.6. The van der Waals surface area contributed by atoms with E-state index in [0.717, 1.165) is 38.1 Å². The largest absolute Gasteiger partial charge is 0.465 e. The Balaban J connectivity index is 1.74. The Morgan fingerprint density at radius 2 is 1.77 bits per heavy atom. The summed E-state index contributed by atoms with van der Waals surface area (Å²) in [6.45, 7) is 3.46. The van der Waals surface area contributed by atoms with Crippen LogP contribution >= 0.6 is 11.8 Å². The van der Waals surface area contributed by atoms with E-state index in [1.807, 2.05) is 60.7 Å². The molecule has 0 fully saturated rings. The fraction of sp³-hybridized carbons (Fsp3) is 0.214. The lowest BCUT2D eigenvalue weighted by molar-refractivity contribution is 0.0596. The number of aromatic nitrogens is 1. The number of carbonyl (C=O) groups excluding carboxylic acids is 1. The number of hydrogen-bond donors (Lipinski definition) is 0. The first-order valence-corrected chi connectivity index (χ1v) is 14.0. The maximum absolute atomic E-state index is 12.6. The minimum absolute atomic E-state index is 0.357. The third kappa shape index (κ3) is 5.11. The molecule has 3 aromatic carbocycles. The molecule has 7 heteroatoms. The molecule has 0 aliphatic rings. The van der Waals surface area contributed by atoms with Crippen LogP contribution in [0.5, 0.6) is 0 Å². The number of sulfone groups is 1. The van der Waals surface area contributed by atoms with E-state index in [1.54, 1.807) is 37.9 Å². The molecule has 0 N–H and O–H groups in total. The summed E-state index contributed by atoms with van der Waals surface area (Å²) in [5.41, 5.74) is 5.01. The average molecular weight is 506 g/mol. The van der Waals surface area contributed by atoms with E-state index in [-0.39, 0.29) is 5.97 Å². The summed E-state index contributed by atoms with van der Waals surface area (Å²) < 4.78 is 29.0. The van der Waals surface area contributed by atoms with Gasteiger partial charge in [-0.25, -0.2) is 13.2 Å². The Morgan fingerprint density at radius 1 is 1.00 bits per heavy atom. The van der Waals surface area contributed by atoms with Crippen molar-refractivity contribution >= 4 is 38.5 Å². The summed E-state index contributed by atoms with van der Waals surface area (Å²) in [6, 6.07) is 23.2. The molecule has 0 saturated carbocycles. The number of benzene rings is 3. The highest BCUT2D eigenvalue weighted by molar-refractivity contribution is 7.98. The van der Waals surface area contributed by atoms with Gasteiger partial charge in [-0.1, -0.05) is 42.5 Å². The standard InChI is InChI=1S/C28H27NO4S2/c1-28(2,35(4,31)32)22-16-21-11-8-14-29-26(21)24(17-22)20-10-7-9-19(15-20)18-34-25-13-6-5-12-23(25)27(30)33-3/h5-17H,18H2,1-4H3. The van der Waals surface area contributed by atoms with Gasteiger partial charge in [0.1, 0.15) is 0 Å². The predicted molar refractivity (Wildman–Crippen MR) is 142 cm³/mol. The number of fused-ring (bicyclic) bond motifs is 1. The molecule has 4 rings (SSSR count). The van der Waals surface area contributed by atoms with Gasteiger partial charge in [-0.05, 0) is 60.9 Å². The highest BCUT2D eigenvalue weighted by Crippen LogP contribution is 2.37. The molecular weight excluding hydrogens is 478 g/mol. The minimum Gasteiger partial charge on any atom is -0.465 e. The Labute approximate surface area is 210 Å². The molecule has 0 spiro atoms. The first-order valence-electron chi connectivity index (χ1n) is 11.1. The molecule has 5 nitrogen and oxygen atoms in total. The second-order valence-corrected chi connectivity index (χ2v) is 12.4. The smallest absolute Gasteiger partial charge is 0.338 e. The molecule has 0 saturated heterocycles. The molecule has 0 aliphatic carbocycles. The topological polar surface area (TPSA) is 73.3 Å². The maximum atomic E-state index is 12.6. The SMILES string of the molecule is COC(=O)c1ccccc1SCc1cccc(-c2cc(C(C)(C)S(C)(=O)=O)cc3cccnc23)c1. The molecule has 0 amide bonds. The number of esters is 1. The van der Waals surface area contributed by atoms with Gasteiger partial charge in [0, 0.05) is 34.1 Å².